The van der Waals surface area contributed by atoms with E-state index >= 15 is 0 Å². The summed E-state index contributed by atoms with van der Waals surface area (Å²) in [6, 6.07) is 16.7. The van der Waals surface area contributed by atoms with Crippen molar-refractivity contribution in [3.05, 3.63) is 65.9 Å². The molecule has 0 saturated carbocycles. The van der Waals surface area contributed by atoms with Gasteiger partial charge in [-0.05, 0) is 42.0 Å². The first kappa shape index (κ1) is 17.5. The van der Waals surface area contributed by atoms with Crippen LogP contribution in [-0.2, 0) is 22.6 Å². The van der Waals surface area contributed by atoms with Gasteiger partial charge < -0.3 is 18.7 Å². The average Bonchev–Trinajstić information content (AvgIpc) is 3.16. The predicted octanol–water partition coefficient (Wildman–Crippen LogP) is 3.64. The number of hydrogen-bond donors (Lipinski definition) is 0. The number of methoxy groups -OCH3 is 2. The topological polar surface area (TPSA) is 70.8 Å². The molecule has 0 amide bonds. The summed E-state index contributed by atoms with van der Waals surface area (Å²) < 4.78 is 20.8. The fourth-order valence-electron chi connectivity index (χ4n) is 2.38. The Morgan fingerprint density at radius 3 is 2.35 bits per heavy atom. The molecule has 1 aromatic heterocycles. The van der Waals surface area contributed by atoms with Crippen molar-refractivity contribution in [3.63, 3.8) is 0 Å². The summed E-state index contributed by atoms with van der Waals surface area (Å²) in [6.07, 6.45) is 0.240. The second kappa shape index (κ2) is 8.20. The van der Waals surface area contributed by atoms with Gasteiger partial charge in [0.05, 0.1) is 20.6 Å². The van der Waals surface area contributed by atoms with Gasteiger partial charge in [0.25, 0.3) is 0 Å². The van der Waals surface area contributed by atoms with Crippen molar-refractivity contribution < 1.29 is 23.5 Å². The third kappa shape index (κ3) is 4.42. The third-order valence-corrected chi connectivity index (χ3v) is 3.83. The summed E-state index contributed by atoms with van der Waals surface area (Å²) >= 11 is 0. The first-order valence-corrected chi connectivity index (χ1v) is 8.06. The summed E-state index contributed by atoms with van der Waals surface area (Å²) in [5, 5.41) is 4.06. The molecule has 0 saturated heterocycles. The number of hydrogen-bond acceptors (Lipinski definition) is 6. The molecule has 0 unspecified atom stereocenters. The normalized spacial score (nSPS) is 10.4. The summed E-state index contributed by atoms with van der Waals surface area (Å²) in [7, 11) is 3.00. The minimum absolute atomic E-state index is 0.240. The summed E-state index contributed by atoms with van der Waals surface area (Å²) in [4.78, 5) is 11.3. The largest absolute Gasteiger partial charge is 0.497 e. The van der Waals surface area contributed by atoms with Crippen LogP contribution < -0.4 is 9.47 Å². The monoisotopic (exact) mass is 353 g/mol. The Bertz CT molecular complexity index is 853. The van der Waals surface area contributed by atoms with Crippen LogP contribution in [0.2, 0.25) is 0 Å². The van der Waals surface area contributed by atoms with E-state index in [4.69, 9.17) is 14.0 Å². The van der Waals surface area contributed by atoms with Crippen molar-refractivity contribution >= 4 is 5.97 Å². The predicted molar refractivity (Wildman–Crippen MR) is 95.0 cm³/mol. The second-order valence-corrected chi connectivity index (χ2v) is 5.59. The maximum Gasteiger partial charge on any atom is 0.309 e. The van der Waals surface area contributed by atoms with Crippen LogP contribution in [0.25, 0.3) is 11.3 Å². The zero-order chi connectivity index (χ0) is 18.4. The maximum atomic E-state index is 11.3. The Balaban J connectivity index is 1.58. The van der Waals surface area contributed by atoms with Gasteiger partial charge in [0.2, 0.25) is 0 Å². The highest BCUT2D eigenvalue weighted by Gasteiger charge is 2.08. The molecule has 3 aromatic rings. The van der Waals surface area contributed by atoms with E-state index in [1.54, 1.807) is 19.2 Å². The molecule has 6 heteroatoms. The van der Waals surface area contributed by atoms with Gasteiger partial charge in [0.15, 0.2) is 5.76 Å². The standard InChI is InChI=1S/C20H19NO5/c1-23-16-9-5-15(6-10-16)19-12-18(26-21-19)13-25-17-7-3-14(4-8-17)11-20(22)24-2/h3-10,12H,11,13H2,1-2H3. The van der Waals surface area contributed by atoms with Gasteiger partial charge >= 0.3 is 5.97 Å². The van der Waals surface area contributed by atoms with Crippen LogP contribution in [0.15, 0.2) is 59.1 Å². The number of carbonyl (C=O) groups excluding carboxylic acids is 1. The fraction of sp³-hybridized carbons (Fsp3) is 0.200. The van der Waals surface area contributed by atoms with Crippen molar-refractivity contribution in [1.82, 2.24) is 5.16 Å². The molecule has 0 radical (unpaired) electrons. The number of rotatable bonds is 7. The van der Waals surface area contributed by atoms with Crippen molar-refractivity contribution in [3.8, 4) is 22.8 Å². The van der Waals surface area contributed by atoms with Gasteiger partial charge in [-0.1, -0.05) is 17.3 Å². The van der Waals surface area contributed by atoms with E-state index in [2.05, 4.69) is 9.89 Å². The first-order chi connectivity index (χ1) is 12.7. The minimum atomic E-state index is -0.272. The molecule has 0 bridgehead atoms. The molecule has 0 aliphatic carbocycles. The minimum Gasteiger partial charge on any atom is -0.497 e. The molecule has 3 rings (SSSR count). The first-order valence-electron chi connectivity index (χ1n) is 8.06. The van der Waals surface area contributed by atoms with Gasteiger partial charge in [-0.25, -0.2) is 0 Å². The second-order valence-electron chi connectivity index (χ2n) is 5.59. The molecule has 0 fully saturated rings. The lowest BCUT2D eigenvalue weighted by molar-refractivity contribution is -0.139. The van der Waals surface area contributed by atoms with E-state index < -0.39 is 0 Å². The Hall–Kier alpha value is -3.28. The lowest BCUT2D eigenvalue weighted by Gasteiger charge is -2.05. The van der Waals surface area contributed by atoms with Crippen molar-refractivity contribution in [1.29, 1.82) is 0 Å². The molecule has 0 aliphatic rings. The van der Waals surface area contributed by atoms with E-state index in [1.165, 1.54) is 7.11 Å². The van der Waals surface area contributed by atoms with Crippen LogP contribution in [0.5, 0.6) is 11.5 Å². The molecule has 134 valence electrons. The van der Waals surface area contributed by atoms with Gasteiger partial charge in [0, 0.05) is 11.6 Å². The number of esters is 1. The van der Waals surface area contributed by atoms with Crippen LogP contribution >= 0.6 is 0 Å². The van der Waals surface area contributed by atoms with Gasteiger partial charge in [-0.3, -0.25) is 4.79 Å². The molecule has 6 nitrogen and oxygen atoms in total. The summed E-state index contributed by atoms with van der Waals surface area (Å²) in [5.41, 5.74) is 2.54. The highest BCUT2D eigenvalue weighted by Crippen LogP contribution is 2.23. The van der Waals surface area contributed by atoms with Crippen LogP contribution in [-0.4, -0.2) is 25.3 Å². The Morgan fingerprint density at radius 1 is 1.00 bits per heavy atom. The molecule has 0 atom stereocenters. The SMILES string of the molecule is COC(=O)Cc1ccc(OCc2cc(-c3ccc(OC)cc3)no2)cc1. The van der Waals surface area contributed by atoms with Crippen LogP contribution in [0, 0.1) is 0 Å². The summed E-state index contributed by atoms with van der Waals surface area (Å²) in [5.74, 6) is 1.82. The zero-order valence-corrected chi connectivity index (χ0v) is 14.6. The number of benzene rings is 2. The molecular weight excluding hydrogens is 334 g/mol. The summed E-state index contributed by atoms with van der Waals surface area (Å²) in [6.45, 7) is 0.263. The van der Waals surface area contributed by atoms with Crippen molar-refractivity contribution in [2.24, 2.45) is 0 Å². The molecule has 26 heavy (non-hydrogen) atoms. The quantitative estimate of drug-likeness (QED) is 0.604. The Morgan fingerprint density at radius 2 is 1.69 bits per heavy atom. The zero-order valence-electron chi connectivity index (χ0n) is 14.6. The lowest BCUT2D eigenvalue weighted by atomic mass is 10.1. The number of carbonyl (C=O) groups is 1. The van der Waals surface area contributed by atoms with Crippen LogP contribution in [0.4, 0.5) is 0 Å². The molecule has 2 aromatic carbocycles. The average molecular weight is 353 g/mol. The highest BCUT2D eigenvalue weighted by molar-refractivity contribution is 5.72. The van der Waals surface area contributed by atoms with Gasteiger partial charge in [0.1, 0.15) is 23.8 Å². The van der Waals surface area contributed by atoms with Gasteiger partial charge in [-0.2, -0.15) is 0 Å². The molecular formula is C20H19NO5. The molecule has 0 N–H and O–H groups in total. The number of aromatic nitrogens is 1. The van der Waals surface area contributed by atoms with Crippen LogP contribution in [0.1, 0.15) is 11.3 Å². The van der Waals surface area contributed by atoms with E-state index in [9.17, 15) is 4.79 Å². The van der Waals surface area contributed by atoms with Gasteiger partial charge in [-0.15, -0.1) is 0 Å². The molecule has 1 heterocycles. The number of ether oxygens (including phenoxy) is 3. The maximum absolute atomic E-state index is 11.3. The smallest absolute Gasteiger partial charge is 0.309 e. The Kier molecular flexibility index (Phi) is 5.53. The van der Waals surface area contributed by atoms with Crippen LogP contribution in [0.3, 0.4) is 0 Å². The van der Waals surface area contributed by atoms with E-state index in [0.717, 1.165) is 22.6 Å². The third-order valence-electron chi connectivity index (χ3n) is 3.83. The highest BCUT2D eigenvalue weighted by atomic mass is 16.5. The lowest BCUT2D eigenvalue weighted by Crippen LogP contribution is -2.04. The van der Waals surface area contributed by atoms with E-state index in [-0.39, 0.29) is 19.0 Å². The van der Waals surface area contributed by atoms with Crippen molar-refractivity contribution in [2.75, 3.05) is 14.2 Å². The molecule has 0 spiro atoms. The fourth-order valence-corrected chi connectivity index (χ4v) is 2.38. The number of nitrogens with zero attached hydrogens (tertiary/aromatic N) is 1. The van der Waals surface area contributed by atoms with E-state index in [1.807, 2.05) is 42.5 Å². The Labute approximate surface area is 151 Å². The van der Waals surface area contributed by atoms with E-state index in [0.29, 0.717) is 11.5 Å². The molecule has 0 aliphatic heterocycles. The van der Waals surface area contributed by atoms with Crippen molar-refractivity contribution in [2.45, 2.75) is 13.0 Å².